The maximum absolute atomic E-state index is 11.1. The Kier molecular flexibility index (Phi) is 4.31. The number of benzene rings is 1. The van der Waals surface area contributed by atoms with Crippen LogP contribution in [0.1, 0.15) is 23.2 Å². The maximum Gasteiger partial charge on any atom is 0.336 e. The van der Waals surface area contributed by atoms with Crippen molar-refractivity contribution in [2.24, 2.45) is 0 Å². The van der Waals surface area contributed by atoms with Gasteiger partial charge < -0.3 is 9.84 Å². The molecule has 1 aromatic carbocycles. The third kappa shape index (κ3) is 3.37. The Balaban J connectivity index is 2.17. The molecule has 0 amide bonds. The van der Waals surface area contributed by atoms with Gasteiger partial charge in [-0.15, -0.1) is 11.8 Å². The molecule has 3 nitrogen and oxygen atoms in total. The zero-order valence-electron chi connectivity index (χ0n) is 9.19. The number of carbonyl (C=O) groups is 1. The Bertz CT molecular complexity index is 416. The third-order valence-corrected chi connectivity index (χ3v) is 4.27. The van der Waals surface area contributed by atoms with Crippen LogP contribution >= 0.6 is 23.4 Å². The highest BCUT2D eigenvalue weighted by atomic mass is 35.5. The lowest BCUT2D eigenvalue weighted by atomic mass is 10.2. The van der Waals surface area contributed by atoms with Gasteiger partial charge in [0.15, 0.2) is 0 Å². The molecule has 1 fully saturated rings. The molecule has 0 atom stereocenters. The lowest BCUT2D eigenvalue weighted by Crippen LogP contribution is -2.17. The van der Waals surface area contributed by atoms with Crippen LogP contribution in [0.2, 0.25) is 5.02 Å². The lowest BCUT2D eigenvalue weighted by Gasteiger charge is -2.22. The molecule has 2 rings (SSSR count). The summed E-state index contributed by atoms with van der Waals surface area (Å²) < 4.78 is 5.28. The van der Waals surface area contributed by atoms with Gasteiger partial charge in [0.1, 0.15) is 0 Å². The number of thioether (sulfide) groups is 1. The zero-order valence-corrected chi connectivity index (χ0v) is 10.8. The second-order valence-electron chi connectivity index (χ2n) is 3.88. The van der Waals surface area contributed by atoms with Crippen molar-refractivity contribution in [1.29, 1.82) is 0 Å². The number of aromatic carboxylic acids is 1. The molecular weight excluding hydrogens is 260 g/mol. The van der Waals surface area contributed by atoms with Crippen LogP contribution in [0.25, 0.3) is 0 Å². The summed E-state index contributed by atoms with van der Waals surface area (Å²) in [4.78, 5) is 11.8. The second kappa shape index (κ2) is 5.76. The highest BCUT2D eigenvalue weighted by Gasteiger charge is 2.19. The summed E-state index contributed by atoms with van der Waals surface area (Å²) in [6.07, 6.45) is 1.91. The molecular formula is C12H13ClO3S. The van der Waals surface area contributed by atoms with Crippen LogP contribution in [0.4, 0.5) is 0 Å². The predicted octanol–water partition coefficient (Wildman–Crippen LogP) is 3.31. The molecule has 0 saturated carbocycles. The van der Waals surface area contributed by atoms with Gasteiger partial charge in [-0.2, -0.15) is 0 Å². The summed E-state index contributed by atoms with van der Waals surface area (Å²) in [5.41, 5.74) is 0.325. The maximum atomic E-state index is 11.1. The van der Waals surface area contributed by atoms with E-state index in [-0.39, 0.29) is 0 Å². The standard InChI is InChI=1S/C12H13ClO3S/c13-8-1-2-10(12(14)15)11(7-8)17-9-3-5-16-6-4-9/h1-2,7,9H,3-6H2,(H,14,15). The van der Waals surface area contributed by atoms with E-state index in [0.717, 1.165) is 31.0 Å². The Labute approximate surface area is 109 Å². The van der Waals surface area contributed by atoms with Crippen molar-refractivity contribution in [3.05, 3.63) is 28.8 Å². The van der Waals surface area contributed by atoms with Crippen molar-refractivity contribution in [3.8, 4) is 0 Å². The molecule has 0 bridgehead atoms. The Morgan fingerprint density at radius 2 is 2.12 bits per heavy atom. The summed E-state index contributed by atoms with van der Waals surface area (Å²) in [7, 11) is 0. The molecule has 1 aromatic rings. The molecule has 0 aromatic heterocycles. The predicted molar refractivity (Wildman–Crippen MR) is 68.1 cm³/mol. The lowest BCUT2D eigenvalue weighted by molar-refractivity contribution is 0.0693. The molecule has 92 valence electrons. The number of halogens is 1. The fraction of sp³-hybridized carbons (Fsp3) is 0.417. The zero-order chi connectivity index (χ0) is 12.3. The molecule has 0 aliphatic carbocycles. The van der Waals surface area contributed by atoms with Crippen molar-refractivity contribution in [1.82, 2.24) is 0 Å². The number of hydrogen-bond acceptors (Lipinski definition) is 3. The SMILES string of the molecule is O=C(O)c1ccc(Cl)cc1SC1CCOCC1. The van der Waals surface area contributed by atoms with Crippen LogP contribution in [0, 0.1) is 0 Å². The first-order chi connectivity index (χ1) is 8.16. The van der Waals surface area contributed by atoms with E-state index in [1.807, 2.05) is 0 Å². The van der Waals surface area contributed by atoms with Crippen molar-refractivity contribution >= 4 is 29.3 Å². The van der Waals surface area contributed by atoms with E-state index in [0.29, 0.717) is 15.8 Å². The minimum atomic E-state index is -0.906. The van der Waals surface area contributed by atoms with Crippen LogP contribution in [0.5, 0.6) is 0 Å². The molecule has 0 unspecified atom stereocenters. The highest BCUT2D eigenvalue weighted by molar-refractivity contribution is 8.00. The van der Waals surface area contributed by atoms with Gasteiger partial charge in [-0.05, 0) is 31.0 Å². The van der Waals surface area contributed by atoms with E-state index in [1.165, 1.54) is 0 Å². The van der Waals surface area contributed by atoms with Gasteiger partial charge in [0.05, 0.1) is 5.56 Å². The molecule has 1 heterocycles. The summed E-state index contributed by atoms with van der Waals surface area (Å²) in [5, 5.41) is 10.1. The van der Waals surface area contributed by atoms with Gasteiger partial charge in [-0.3, -0.25) is 0 Å². The largest absolute Gasteiger partial charge is 0.478 e. The van der Waals surface area contributed by atoms with E-state index in [2.05, 4.69) is 0 Å². The highest BCUT2D eigenvalue weighted by Crippen LogP contribution is 2.33. The fourth-order valence-electron chi connectivity index (χ4n) is 1.74. The summed E-state index contributed by atoms with van der Waals surface area (Å²) in [6, 6.07) is 4.90. The number of carboxylic acids is 1. The van der Waals surface area contributed by atoms with Crippen LogP contribution in [-0.2, 0) is 4.74 Å². The van der Waals surface area contributed by atoms with Crippen molar-refractivity contribution in [3.63, 3.8) is 0 Å². The Morgan fingerprint density at radius 1 is 1.41 bits per heavy atom. The second-order valence-corrected chi connectivity index (χ2v) is 5.65. The molecule has 1 saturated heterocycles. The van der Waals surface area contributed by atoms with Crippen LogP contribution < -0.4 is 0 Å². The molecule has 0 radical (unpaired) electrons. The van der Waals surface area contributed by atoms with E-state index < -0.39 is 5.97 Å². The molecule has 1 aliphatic rings. The van der Waals surface area contributed by atoms with Crippen molar-refractivity contribution < 1.29 is 14.6 Å². The molecule has 5 heteroatoms. The number of ether oxygens (including phenoxy) is 1. The van der Waals surface area contributed by atoms with Gasteiger partial charge in [-0.25, -0.2) is 4.79 Å². The first-order valence-corrected chi connectivity index (χ1v) is 6.70. The number of hydrogen-bond donors (Lipinski definition) is 1. The van der Waals surface area contributed by atoms with Gasteiger partial charge in [-0.1, -0.05) is 11.6 Å². The van der Waals surface area contributed by atoms with Gasteiger partial charge in [0.25, 0.3) is 0 Å². The van der Waals surface area contributed by atoms with E-state index in [1.54, 1.807) is 30.0 Å². The van der Waals surface area contributed by atoms with E-state index in [9.17, 15) is 4.79 Å². The van der Waals surface area contributed by atoms with Crippen molar-refractivity contribution in [2.45, 2.75) is 23.0 Å². The van der Waals surface area contributed by atoms with Gasteiger partial charge >= 0.3 is 5.97 Å². The number of carboxylic acid groups (broad SMARTS) is 1. The first kappa shape index (κ1) is 12.7. The first-order valence-electron chi connectivity index (χ1n) is 5.44. The molecule has 1 N–H and O–H groups in total. The molecule has 0 spiro atoms. The average molecular weight is 273 g/mol. The Morgan fingerprint density at radius 3 is 2.76 bits per heavy atom. The monoisotopic (exact) mass is 272 g/mol. The van der Waals surface area contributed by atoms with Crippen LogP contribution in [0.15, 0.2) is 23.1 Å². The number of rotatable bonds is 3. The van der Waals surface area contributed by atoms with Gasteiger partial charge in [0, 0.05) is 28.4 Å². The minimum absolute atomic E-state index is 0.325. The summed E-state index contributed by atoms with van der Waals surface area (Å²) in [6.45, 7) is 1.50. The quantitative estimate of drug-likeness (QED) is 0.917. The van der Waals surface area contributed by atoms with Crippen molar-refractivity contribution in [2.75, 3.05) is 13.2 Å². The topological polar surface area (TPSA) is 46.5 Å². The fourth-order valence-corrected chi connectivity index (χ4v) is 3.25. The van der Waals surface area contributed by atoms with Crippen LogP contribution in [-0.4, -0.2) is 29.5 Å². The Hall–Kier alpha value is -0.710. The average Bonchev–Trinajstić information content (AvgIpc) is 2.30. The van der Waals surface area contributed by atoms with E-state index in [4.69, 9.17) is 21.4 Å². The van der Waals surface area contributed by atoms with E-state index >= 15 is 0 Å². The molecule has 1 aliphatic heterocycles. The van der Waals surface area contributed by atoms with Crippen LogP contribution in [0.3, 0.4) is 0 Å². The third-order valence-electron chi connectivity index (χ3n) is 2.64. The summed E-state index contributed by atoms with van der Waals surface area (Å²) in [5.74, 6) is -0.906. The smallest absolute Gasteiger partial charge is 0.336 e. The summed E-state index contributed by atoms with van der Waals surface area (Å²) >= 11 is 7.50. The molecule has 17 heavy (non-hydrogen) atoms. The van der Waals surface area contributed by atoms with Gasteiger partial charge in [0.2, 0.25) is 0 Å². The normalized spacial score (nSPS) is 17.0. The minimum Gasteiger partial charge on any atom is -0.478 e.